The van der Waals surface area contributed by atoms with E-state index >= 15 is 0 Å². The van der Waals surface area contributed by atoms with E-state index in [4.69, 9.17) is 4.74 Å². The van der Waals surface area contributed by atoms with Crippen molar-refractivity contribution in [3.63, 3.8) is 0 Å². The average Bonchev–Trinajstić information content (AvgIpc) is 3.13. The molecule has 3 heterocycles. The third-order valence-corrected chi connectivity index (χ3v) is 3.61. The Hall–Kier alpha value is -2.51. The lowest BCUT2D eigenvalue weighted by molar-refractivity contribution is -0.145. The number of aromatic nitrogens is 4. The molecule has 1 aliphatic heterocycles. The van der Waals surface area contributed by atoms with Crippen molar-refractivity contribution in [2.75, 3.05) is 13.7 Å². The summed E-state index contributed by atoms with van der Waals surface area (Å²) in [7, 11) is 1.32. The van der Waals surface area contributed by atoms with E-state index in [2.05, 4.69) is 15.1 Å². The summed E-state index contributed by atoms with van der Waals surface area (Å²) in [4.78, 5) is 33.9. The third kappa shape index (κ3) is 2.22. The molecular formula is C13H15N5O3. The van der Waals surface area contributed by atoms with E-state index in [9.17, 15) is 9.59 Å². The summed E-state index contributed by atoms with van der Waals surface area (Å²) in [5.74, 6) is -0.355. The Kier molecular flexibility index (Phi) is 3.28. The van der Waals surface area contributed by atoms with Crippen LogP contribution in [0.5, 0.6) is 0 Å². The van der Waals surface area contributed by atoms with Gasteiger partial charge in [-0.2, -0.15) is 4.98 Å². The maximum absolute atomic E-state index is 12.5. The topological polar surface area (TPSA) is 89.7 Å². The second-order valence-electron chi connectivity index (χ2n) is 4.91. The molecule has 0 radical (unpaired) electrons. The molecule has 0 spiro atoms. The molecule has 0 bridgehead atoms. The van der Waals surface area contributed by atoms with Gasteiger partial charge in [-0.15, -0.1) is 5.10 Å². The van der Waals surface area contributed by atoms with E-state index in [0.717, 1.165) is 12.1 Å². The summed E-state index contributed by atoms with van der Waals surface area (Å²) in [6.45, 7) is 2.35. The number of likely N-dealkylation sites (tertiary alicyclic amines) is 1. The Morgan fingerprint density at radius 3 is 2.95 bits per heavy atom. The van der Waals surface area contributed by atoms with Crippen molar-refractivity contribution in [1.82, 2.24) is 24.5 Å². The minimum atomic E-state index is -0.553. The Balaban J connectivity index is 1.93. The zero-order chi connectivity index (χ0) is 15.0. The van der Waals surface area contributed by atoms with Gasteiger partial charge in [0.1, 0.15) is 6.04 Å². The first-order valence-corrected chi connectivity index (χ1v) is 6.69. The lowest BCUT2D eigenvalue weighted by Gasteiger charge is -2.20. The number of aryl methyl sites for hydroxylation is 1. The lowest BCUT2D eigenvalue weighted by Crippen LogP contribution is -2.41. The first-order chi connectivity index (χ1) is 10.1. The van der Waals surface area contributed by atoms with E-state index in [-0.39, 0.29) is 11.7 Å². The van der Waals surface area contributed by atoms with Crippen LogP contribution < -0.4 is 0 Å². The molecule has 1 atom stereocenters. The number of fused-ring (bicyclic) bond motifs is 1. The van der Waals surface area contributed by atoms with Crippen molar-refractivity contribution < 1.29 is 14.3 Å². The third-order valence-electron chi connectivity index (χ3n) is 3.61. The number of hydrogen-bond acceptors (Lipinski definition) is 6. The summed E-state index contributed by atoms with van der Waals surface area (Å²) in [5.41, 5.74) is 0.831. The zero-order valence-electron chi connectivity index (χ0n) is 11.8. The number of esters is 1. The van der Waals surface area contributed by atoms with E-state index in [1.165, 1.54) is 16.5 Å². The Labute approximate surface area is 120 Å². The van der Waals surface area contributed by atoms with Crippen LogP contribution in [0.1, 0.15) is 29.2 Å². The zero-order valence-corrected chi connectivity index (χ0v) is 11.8. The van der Waals surface area contributed by atoms with Crippen LogP contribution in [0.25, 0.3) is 5.78 Å². The molecule has 2 aromatic rings. The standard InChI is InChI=1S/C13H15N5O3/c1-8-5-6-14-13-15-10(16-18(8)13)11(19)17-7-3-4-9(17)12(20)21-2/h5-6,9H,3-4,7H2,1-2H3. The number of rotatable bonds is 2. The van der Waals surface area contributed by atoms with E-state index in [0.29, 0.717) is 18.7 Å². The average molecular weight is 289 g/mol. The van der Waals surface area contributed by atoms with Crippen LogP contribution >= 0.6 is 0 Å². The van der Waals surface area contributed by atoms with Crippen LogP contribution in [0.3, 0.4) is 0 Å². The van der Waals surface area contributed by atoms with Crippen LogP contribution in [0, 0.1) is 6.92 Å². The van der Waals surface area contributed by atoms with Crippen LogP contribution in [0.15, 0.2) is 12.3 Å². The van der Waals surface area contributed by atoms with Crippen LogP contribution in [-0.4, -0.2) is 56.1 Å². The highest BCUT2D eigenvalue weighted by Gasteiger charge is 2.36. The number of hydrogen-bond donors (Lipinski definition) is 0. The van der Waals surface area contributed by atoms with Gasteiger partial charge in [0, 0.05) is 18.4 Å². The summed E-state index contributed by atoms with van der Waals surface area (Å²) < 4.78 is 6.25. The van der Waals surface area contributed by atoms with Crippen LogP contribution in [-0.2, 0) is 9.53 Å². The van der Waals surface area contributed by atoms with Gasteiger partial charge in [-0.3, -0.25) is 4.79 Å². The SMILES string of the molecule is COC(=O)C1CCCN1C(=O)c1nc2nccc(C)n2n1. The number of methoxy groups -OCH3 is 1. The highest BCUT2D eigenvalue weighted by Crippen LogP contribution is 2.20. The van der Waals surface area contributed by atoms with Gasteiger partial charge in [-0.05, 0) is 25.8 Å². The van der Waals surface area contributed by atoms with Gasteiger partial charge in [-0.1, -0.05) is 0 Å². The van der Waals surface area contributed by atoms with Crippen LogP contribution in [0.2, 0.25) is 0 Å². The fraction of sp³-hybridized carbons (Fsp3) is 0.462. The highest BCUT2D eigenvalue weighted by molar-refractivity contribution is 5.94. The molecule has 8 nitrogen and oxygen atoms in total. The van der Waals surface area contributed by atoms with Gasteiger partial charge in [0.25, 0.3) is 11.7 Å². The van der Waals surface area contributed by atoms with Crippen LogP contribution in [0.4, 0.5) is 0 Å². The van der Waals surface area contributed by atoms with Crippen molar-refractivity contribution in [3.8, 4) is 0 Å². The predicted molar refractivity (Wildman–Crippen MR) is 71.6 cm³/mol. The van der Waals surface area contributed by atoms with Gasteiger partial charge in [0.15, 0.2) is 0 Å². The second-order valence-corrected chi connectivity index (χ2v) is 4.91. The van der Waals surface area contributed by atoms with Crippen molar-refractivity contribution in [2.45, 2.75) is 25.8 Å². The molecule has 0 N–H and O–H groups in total. The molecule has 0 saturated carbocycles. The molecule has 1 aliphatic rings. The molecule has 1 amide bonds. The summed E-state index contributed by atoms with van der Waals surface area (Å²) in [6, 6.07) is 1.23. The Bertz CT molecular complexity index is 711. The molecular weight excluding hydrogens is 274 g/mol. The number of nitrogens with zero attached hydrogens (tertiary/aromatic N) is 5. The maximum Gasteiger partial charge on any atom is 0.328 e. The number of carbonyl (C=O) groups is 2. The van der Waals surface area contributed by atoms with E-state index in [1.54, 1.807) is 12.3 Å². The molecule has 1 fully saturated rings. The van der Waals surface area contributed by atoms with E-state index < -0.39 is 12.0 Å². The predicted octanol–water partition coefficient (Wildman–Crippen LogP) is 0.210. The number of ether oxygens (including phenoxy) is 1. The fourth-order valence-electron chi connectivity index (χ4n) is 2.52. The largest absolute Gasteiger partial charge is 0.467 e. The van der Waals surface area contributed by atoms with Crippen molar-refractivity contribution in [1.29, 1.82) is 0 Å². The summed E-state index contributed by atoms with van der Waals surface area (Å²) in [6.07, 6.45) is 2.97. The molecule has 0 aromatic carbocycles. The lowest BCUT2D eigenvalue weighted by atomic mass is 10.2. The Morgan fingerprint density at radius 2 is 2.24 bits per heavy atom. The van der Waals surface area contributed by atoms with Gasteiger partial charge in [0.2, 0.25) is 5.82 Å². The molecule has 0 aliphatic carbocycles. The number of amides is 1. The molecule has 110 valence electrons. The second kappa shape index (κ2) is 5.12. The quantitative estimate of drug-likeness (QED) is 0.734. The monoisotopic (exact) mass is 289 g/mol. The molecule has 2 aromatic heterocycles. The van der Waals surface area contributed by atoms with Gasteiger partial charge >= 0.3 is 5.97 Å². The normalized spacial score (nSPS) is 18.2. The van der Waals surface area contributed by atoms with Crippen molar-refractivity contribution >= 4 is 17.7 Å². The first-order valence-electron chi connectivity index (χ1n) is 6.69. The highest BCUT2D eigenvalue weighted by atomic mass is 16.5. The maximum atomic E-state index is 12.5. The molecule has 1 unspecified atom stereocenters. The van der Waals surface area contributed by atoms with Gasteiger partial charge < -0.3 is 9.64 Å². The minimum absolute atomic E-state index is 0.0487. The first kappa shape index (κ1) is 13.5. The van der Waals surface area contributed by atoms with Gasteiger partial charge in [0.05, 0.1) is 7.11 Å². The Morgan fingerprint density at radius 1 is 1.43 bits per heavy atom. The molecule has 8 heteroatoms. The summed E-state index contributed by atoms with van der Waals surface area (Å²) in [5, 5.41) is 4.18. The smallest absolute Gasteiger partial charge is 0.328 e. The van der Waals surface area contributed by atoms with Crippen molar-refractivity contribution in [2.24, 2.45) is 0 Å². The number of carbonyl (C=O) groups excluding carboxylic acids is 2. The van der Waals surface area contributed by atoms with E-state index in [1.807, 2.05) is 6.92 Å². The summed E-state index contributed by atoms with van der Waals surface area (Å²) >= 11 is 0. The molecule has 21 heavy (non-hydrogen) atoms. The van der Waals surface area contributed by atoms with Gasteiger partial charge in [-0.25, -0.2) is 14.3 Å². The molecule has 3 rings (SSSR count). The molecule has 1 saturated heterocycles. The fourth-order valence-corrected chi connectivity index (χ4v) is 2.52. The van der Waals surface area contributed by atoms with Crippen molar-refractivity contribution in [3.05, 3.63) is 23.8 Å². The minimum Gasteiger partial charge on any atom is -0.467 e.